The van der Waals surface area contributed by atoms with E-state index >= 15 is 0 Å². The lowest BCUT2D eigenvalue weighted by Crippen LogP contribution is -2.23. The Balaban J connectivity index is 1.77. The number of hydrogen-bond acceptors (Lipinski definition) is 4. The van der Waals surface area contributed by atoms with Crippen LogP contribution in [0.25, 0.3) is 0 Å². The molecule has 4 heteroatoms. The van der Waals surface area contributed by atoms with Crippen molar-refractivity contribution in [2.75, 3.05) is 25.9 Å². The molecule has 20 heavy (non-hydrogen) atoms. The average molecular weight is 274 g/mol. The van der Waals surface area contributed by atoms with Crippen LogP contribution >= 0.6 is 0 Å². The molecule has 0 spiro atoms. The van der Waals surface area contributed by atoms with Gasteiger partial charge in [-0.05, 0) is 36.3 Å². The average Bonchev–Trinajstić information content (AvgIpc) is 2.99. The minimum absolute atomic E-state index is 0.336. The van der Waals surface area contributed by atoms with Gasteiger partial charge >= 0.3 is 5.97 Å². The van der Waals surface area contributed by atoms with Gasteiger partial charge in [0.25, 0.3) is 0 Å². The van der Waals surface area contributed by atoms with Crippen LogP contribution in [0.2, 0.25) is 0 Å². The van der Waals surface area contributed by atoms with E-state index < -0.39 is 0 Å². The number of nitrogens with two attached hydrogens (primary N) is 1. The fraction of sp³-hybridized carbons (Fsp3) is 0.562. The molecule has 4 nitrogen and oxygen atoms in total. The highest BCUT2D eigenvalue weighted by Gasteiger charge is 2.36. The minimum atomic E-state index is -0.336. The Hall–Kier alpha value is -1.55. The summed E-state index contributed by atoms with van der Waals surface area (Å²) in [5.41, 5.74) is 7.97. The zero-order valence-corrected chi connectivity index (χ0v) is 12.0. The molecule has 1 saturated heterocycles. The summed E-state index contributed by atoms with van der Waals surface area (Å²) in [5.74, 6) is 1.38. The number of methoxy groups -OCH3 is 1. The van der Waals surface area contributed by atoms with Gasteiger partial charge in [-0.1, -0.05) is 18.6 Å². The third kappa shape index (κ3) is 2.40. The van der Waals surface area contributed by atoms with E-state index in [1.54, 1.807) is 6.07 Å². The van der Waals surface area contributed by atoms with Crippen molar-refractivity contribution in [1.82, 2.24) is 4.90 Å². The highest BCUT2D eigenvalue weighted by Crippen LogP contribution is 2.38. The van der Waals surface area contributed by atoms with Crippen molar-refractivity contribution in [3.05, 3.63) is 29.3 Å². The Kier molecular flexibility index (Phi) is 3.66. The van der Waals surface area contributed by atoms with Crippen LogP contribution in [0.15, 0.2) is 18.2 Å². The molecule has 0 amide bonds. The van der Waals surface area contributed by atoms with Crippen molar-refractivity contribution in [1.29, 1.82) is 0 Å². The predicted molar refractivity (Wildman–Crippen MR) is 78.3 cm³/mol. The summed E-state index contributed by atoms with van der Waals surface area (Å²) in [6, 6.07) is 5.65. The van der Waals surface area contributed by atoms with Crippen molar-refractivity contribution in [3.63, 3.8) is 0 Å². The van der Waals surface area contributed by atoms with Gasteiger partial charge in [0.2, 0.25) is 0 Å². The number of ether oxygens (including phenoxy) is 1. The first-order valence-corrected chi connectivity index (χ1v) is 7.37. The number of carbonyl (C=O) groups excluding carboxylic acids is 1. The number of nitrogens with zero attached hydrogens (tertiary/aromatic N) is 1. The second-order valence-electron chi connectivity index (χ2n) is 6.02. The second-order valence-corrected chi connectivity index (χ2v) is 6.02. The van der Waals surface area contributed by atoms with Crippen LogP contribution in [0.5, 0.6) is 0 Å². The number of nitrogen functional groups attached to an aromatic ring is 1. The fourth-order valence-electron chi connectivity index (χ4n) is 3.80. The topological polar surface area (TPSA) is 55.6 Å². The van der Waals surface area contributed by atoms with Gasteiger partial charge in [0.15, 0.2) is 0 Å². The normalized spacial score (nSPS) is 25.6. The molecule has 0 radical (unpaired) electrons. The van der Waals surface area contributed by atoms with Gasteiger partial charge in [0, 0.05) is 25.3 Å². The van der Waals surface area contributed by atoms with Crippen LogP contribution in [0.1, 0.15) is 35.2 Å². The number of rotatable bonds is 3. The van der Waals surface area contributed by atoms with Crippen molar-refractivity contribution < 1.29 is 9.53 Å². The van der Waals surface area contributed by atoms with Crippen LogP contribution in [-0.2, 0) is 11.3 Å². The minimum Gasteiger partial charge on any atom is -0.465 e. The molecule has 1 aliphatic heterocycles. The monoisotopic (exact) mass is 274 g/mol. The van der Waals surface area contributed by atoms with Crippen molar-refractivity contribution >= 4 is 11.7 Å². The molecule has 108 valence electrons. The molecule has 1 aromatic rings. The van der Waals surface area contributed by atoms with E-state index in [2.05, 4.69) is 4.90 Å². The third-order valence-electron chi connectivity index (χ3n) is 4.77. The molecule has 2 N–H and O–H groups in total. The number of fused-ring (bicyclic) bond motifs is 1. The molecule has 2 fully saturated rings. The van der Waals surface area contributed by atoms with Crippen molar-refractivity contribution in [3.8, 4) is 0 Å². The van der Waals surface area contributed by atoms with Crippen LogP contribution in [-0.4, -0.2) is 31.1 Å². The van der Waals surface area contributed by atoms with E-state index in [0.717, 1.165) is 37.0 Å². The maximum atomic E-state index is 11.9. The van der Waals surface area contributed by atoms with Crippen molar-refractivity contribution in [2.45, 2.75) is 25.8 Å². The van der Waals surface area contributed by atoms with Crippen LogP contribution in [0, 0.1) is 11.8 Å². The van der Waals surface area contributed by atoms with Crippen LogP contribution < -0.4 is 5.73 Å². The molecule has 1 heterocycles. The predicted octanol–water partition coefficient (Wildman–Crippen LogP) is 2.29. The molecule has 1 saturated carbocycles. The maximum Gasteiger partial charge on any atom is 0.340 e. The van der Waals surface area contributed by atoms with Gasteiger partial charge in [0.05, 0.1) is 12.7 Å². The van der Waals surface area contributed by atoms with Gasteiger partial charge in [0.1, 0.15) is 0 Å². The zero-order valence-electron chi connectivity index (χ0n) is 12.0. The standard InChI is InChI=1S/C16H22N2O2/c1-20-16(19)15-13(6-3-7-14(15)17)10-18-8-11-4-2-5-12(11)9-18/h3,6-7,11-12H,2,4-5,8-10,17H2,1H3. The first-order chi connectivity index (χ1) is 9.69. The van der Waals surface area contributed by atoms with Crippen LogP contribution in [0.4, 0.5) is 5.69 Å². The lowest BCUT2D eigenvalue weighted by molar-refractivity contribution is 0.0599. The molecule has 2 unspecified atom stereocenters. The summed E-state index contributed by atoms with van der Waals surface area (Å²) in [6.07, 6.45) is 4.11. The molecule has 0 aromatic heterocycles. The van der Waals surface area contributed by atoms with E-state index in [4.69, 9.17) is 10.5 Å². The van der Waals surface area contributed by atoms with E-state index in [0.29, 0.717) is 11.3 Å². The van der Waals surface area contributed by atoms with E-state index in [-0.39, 0.29) is 5.97 Å². The second kappa shape index (κ2) is 5.44. The largest absolute Gasteiger partial charge is 0.465 e. The number of esters is 1. The number of carbonyl (C=O) groups is 1. The fourth-order valence-corrected chi connectivity index (χ4v) is 3.80. The maximum absolute atomic E-state index is 11.9. The van der Waals surface area contributed by atoms with Gasteiger partial charge in [-0.3, -0.25) is 4.90 Å². The Morgan fingerprint density at radius 1 is 1.35 bits per heavy atom. The molecule has 1 aromatic carbocycles. The summed E-state index contributed by atoms with van der Waals surface area (Å²) < 4.78 is 4.86. The van der Waals surface area contributed by atoms with Crippen molar-refractivity contribution in [2.24, 2.45) is 11.8 Å². The Bertz CT molecular complexity index is 503. The zero-order chi connectivity index (χ0) is 14.1. The molecular weight excluding hydrogens is 252 g/mol. The summed E-state index contributed by atoms with van der Waals surface area (Å²) >= 11 is 0. The van der Waals surface area contributed by atoms with Gasteiger partial charge in [-0.15, -0.1) is 0 Å². The SMILES string of the molecule is COC(=O)c1c(N)cccc1CN1CC2CCCC2C1. The van der Waals surface area contributed by atoms with E-state index in [9.17, 15) is 4.79 Å². The van der Waals surface area contributed by atoms with E-state index in [1.807, 2.05) is 12.1 Å². The number of anilines is 1. The van der Waals surface area contributed by atoms with Gasteiger partial charge in [-0.25, -0.2) is 4.79 Å². The quantitative estimate of drug-likeness (QED) is 0.678. The first-order valence-electron chi connectivity index (χ1n) is 7.37. The molecule has 0 bridgehead atoms. The Morgan fingerprint density at radius 3 is 2.70 bits per heavy atom. The molecule has 2 atom stereocenters. The number of benzene rings is 1. The van der Waals surface area contributed by atoms with E-state index in [1.165, 1.54) is 26.4 Å². The Morgan fingerprint density at radius 2 is 2.05 bits per heavy atom. The highest BCUT2D eigenvalue weighted by molar-refractivity contribution is 5.96. The summed E-state index contributed by atoms with van der Waals surface area (Å²) in [7, 11) is 1.40. The summed E-state index contributed by atoms with van der Waals surface area (Å²) in [5, 5.41) is 0. The molecular formula is C16H22N2O2. The van der Waals surface area contributed by atoms with Crippen LogP contribution in [0.3, 0.4) is 0 Å². The van der Waals surface area contributed by atoms with Gasteiger partial charge in [-0.2, -0.15) is 0 Å². The van der Waals surface area contributed by atoms with Gasteiger partial charge < -0.3 is 10.5 Å². The molecule has 3 rings (SSSR count). The highest BCUT2D eigenvalue weighted by atomic mass is 16.5. The lowest BCUT2D eigenvalue weighted by atomic mass is 10.0. The molecule has 1 aliphatic carbocycles. The number of hydrogen-bond donors (Lipinski definition) is 1. The third-order valence-corrected chi connectivity index (χ3v) is 4.77. The smallest absolute Gasteiger partial charge is 0.340 e. The molecule has 2 aliphatic rings. The lowest BCUT2D eigenvalue weighted by Gasteiger charge is -2.19. The first kappa shape index (κ1) is 13.4. The summed E-state index contributed by atoms with van der Waals surface area (Å²) in [6.45, 7) is 3.10. The summed E-state index contributed by atoms with van der Waals surface area (Å²) in [4.78, 5) is 14.4. The Labute approximate surface area is 119 Å². The number of likely N-dealkylation sites (tertiary alicyclic amines) is 1.